The average molecular weight is 446 g/mol. The fourth-order valence-corrected chi connectivity index (χ4v) is 3.46. The Morgan fingerprint density at radius 1 is 0.933 bits per heavy atom. The molecule has 0 saturated carbocycles. The average Bonchev–Trinajstić information content (AvgIpc) is 2.68. The Balaban J connectivity index is 0.00000225. The second-order valence-corrected chi connectivity index (χ2v) is 7.34. The summed E-state index contributed by atoms with van der Waals surface area (Å²) in [6.45, 7) is -0.706. The van der Waals surface area contributed by atoms with Crippen LogP contribution in [0.2, 0.25) is 0 Å². The van der Waals surface area contributed by atoms with E-state index in [1.807, 2.05) is 30.3 Å². The van der Waals surface area contributed by atoms with Gasteiger partial charge in [-0.15, -0.1) is 0 Å². The van der Waals surface area contributed by atoms with Crippen LogP contribution in [0.4, 0.5) is 0 Å². The summed E-state index contributed by atoms with van der Waals surface area (Å²) in [6, 6.07) is 16.3. The Hall–Kier alpha value is -1.89. The molecule has 30 heavy (non-hydrogen) atoms. The highest BCUT2D eigenvalue weighted by Crippen LogP contribution is 2.35. The van der Waals surface area contributed by atoms with Crippen molar-refractivity contribution in [1.82, 2.24) is 12.3 Å². The van der Waals surface area contributed by atoms with Gasteiger partial charge in [-0.3, -0.25) is 0 Å². The lowest BCUT2D eigenvalue weighted by Gasteiger charge is -2.45. The Bertz CT molecular complexity index is 818. The zero-order valence-electron chi connectivity index (χ0n) is 16.5. The molecule has 0 amide bonds. The van der Waals surface area contributed by atoms with Gasteiger partial charge in [0, 0.05) is 0 Å². The van der Waals surface area contributed by atoms with Crippen LogP contribution in [-0.2, 0) is 13.8 Å². The highest BCUT2D eigenvalue weighted by molar-refractivity contribution is 7.43. The standard InChI is InChI=1S/C18H21O9P.2H3N/c19-10-14-15(20)17(27-28(22,23)24)16(21)18(26-14)25-13-8-6-12(7-9-13)11-4-2-1-3-5-11;;/h1-9,14-21H,10H2,(H2,22,23,24);2*1H3/t14-,15-,16+,17+,18+;;/m1../s1. The van der Waals surface area contributed by atoms with Crippen LogP contribution in [0.1, 0.15) is 0 Å². The first-order chi connectivity index (χ1) is 13.3. The third-order valence-electron chi connectivity index (χ3n) is 4.29. The van der Waals surface area contributed by atoms with Gasteiger partial charge in [-0.25, -0.2) is 0 Å². The summed E-state index contributed by atoms with van der Waals surface area (Å²) in [5.74, 6) is 0.281. The van der Waals surface area contributed by atoms with E-state index in [2.05, 4.69) is 4.52 Å². The van der Waals surface area contributed by atoms with Gasteiger partial charge in [-0.2, -0.15) is 0 Å². The lowest BCUT2D eigenvalue weighted by atomic mass is 9.99. The molecule has 1 fully saturated rings. The van der Waals surface area contributed by atoms with Gasteiger partial charge < -0.3 is 56.0 Å². The molecule has 0 radical (unpaired) electrons. The van der Waals surface area contributed by atoms with Crippen LogP contribution in [0, 0.1) is 0 Å². The summed E-state index contributed by atoms with van der Waals surface area (Å²) in [5, 5.41) is 29.5. The lowest BCUT2D eigenvalue weighted by Crippen LogP contribution is -2.61. The van der Waals surface area contributed by atoms with Crippen molar-refractivity contribution >= 4 is 7.82 Å². The molecule has 1 aliphatic heterocycles. The quantitative estimate of drug-likeness (QED) is 0.380. The molecule has 0 spiro atoms. The second-order valence-electron chi connectivity index (χ2n) is 6.23. The van der Waals surface area contributed by atoms with E-state index in [1.54, 1.807) is 24.3 Å². The van der Waals surface area contributed by atoms with Gasteiger partial charge in [0.25, 0.3) is 0 Å². The maximum Gasteiger partial charge on any atom is 0.229 e. The van der Waals surface area contributed by atoms with Crippen molar-refractivity contribution in [3.63, 3.8) is 0 Å². The fraction of sp³-hybridized carbons (Fsp3) is 0.333. The van der Waals surface area contributed by atoms with Crippen molar-refractivity contribution in [2.75, 3.05) is 6.61 Å². The molecule has 11 nitrogen and oxygen atoms in total. The lowest BCUT2D eigenvalue weighted by molar-refractivity contribution is -0.358. The molecular weight excluding hydrogens is 419 g/mol. The Morgan fingerprint density at radius 3 is 2.03 bits per heavy atom. The third kappa shape index (κ3) is 6.30. The number of aliphatic hydroxyl groups excluding tert-OH is 3. The van der Waals surface area contributed by atoms with Crippen molar-refractivity contribution in [2.24, 2.45) is 0 Å². The van der Waals surface area contributed by atoms with E-state index < -0.39 is 45.1 Å². The molecule has 1 aliphatic rings. The molecule has 2 aromatic rings. The summed E-state index contributed by atoms with van der Waals surface area (Å²) in [5.41, 5.74) is 1.91. The van der Waals surface area contributed by atoms with Gasteiger partial charge in [-0.1, -0.05) is 42.5 Å². The van der Waals surface area contributed by atoms with Crippen molar-refractivity contribution in [3.05, 3.63) is 54.6 Å². The number of phosphoric ester groups is 1. The monoisotopic (exact) mass is 446 g/mol. The van der Waals surface area contributed by atoms with E-state index in [1.165, 1.54) is 0 Å². The normalized spacial score (nSPS) is 26.2. The summed E-state index contributed by atoms with van der Waals surface area (Å²) in [4.78, 5) is 21.8. The number of rotatable bonds is 6. The summed E-state index contributed by atoms with van der Waals surface area (Å²) >= 11 is 0. The van der Waals surface area contributed by atoms with Gasteiger partial charge in [-0.05, 0) is 23.3 Å². The maximum absolute atomic E-state index is 10.9. The van der Waals surface area contributed by atoms with Crippen molar-refractivity contribution in [1.29, 1.82) is 0 Å². The summed E-state index contributed by atoms with van der Waals surface area (Å²) in [6.07, 6.45) is -8.15. The number of benzene rings is 2. The summed E-state index contributed by atoms with van der Waals surface area (Å²) < 4.78 is 26.0. The third-order valence-corrected chi connectivity index (χ3v) is 4.79. The van der Waals surface area contributed by atoms with Crippen molar-refractivity contribution in [3.8, 4) is 16.9 Å². The first-order valence-corrected chi connectivity index (χ1v) is 9.89. The molecule has 0 aromatic heterocycles. The molecular formula is C18H27N2O9P. The molecule has 11 N–H and O–H groups in total. The van der Waals surface area contributed by atoms with E-state index in [-0.39, 0.29) is 18.1 Å². The van der Waals surface area contributed by atoms with Crippen LogP contribution >= 0.6 is 7.82 Å². The second kappa shape index (κ2) is 10.9. The smallest absolute Gasteiger partial charge is 0.229 e. The maximum atomic E-state index is 10.9. The van der Waals surface area contributed by atoms with E-state index in [0.29, 0.717) is 0 Å². The number of aliphatic hydroxyl groups is 3. The SMILES string of the molecule is O=P([O-])([O-])O[C@@H]1[C@H](O)[C@@H](Oc2ccc(-c3ccccc3)cc2)O[C@H](CO)[C@H]1O.[NH4+].[NH4+]. The Morgan fingerprint density at radius 2 is 1.50 bits per heavy atom. The molecule has 168 valence electrons. The van der Waals surface area contributed by atoms with Gasteiger partial charge in [0.15, 0.2) is 0 Å². The Kier molecular flexibility index (Phi) is 9.53. The van der Waals surface area contributed by atoms with Crippen molar-refractivity contribution < 1.29 is 43.7 Å². The molecule has 1 heterocycles. The number of phosphoric acid groups is 1. The van der Waals surface area contributed by atoms with Crippen LogP contribution < -0.4 is 26.8 Å². The number of hydrogen-bond donors (Lipinski definition) is 5. The zero-order valence-corrected chi connectivity index (χ0v) is 17.4. The minimum atomic E-state index is -5.51. The fourth-order valence-electron chi connectivity index (χ4n) is 2.91. The minimum absolute atomic E-state index is 0. The van der Waals surface area contributed by atoms with E-state index in [9.17, 15) is 29.7 Å². The highest BCUT2D eigenvalue weighted by Gasteiger charge is 2.46. The molecule has 12 heteroatoms. The van der Waals surface area contributed by atoms with E-state index in [4.69, 9.17) is 9.47 Å². The van der Waals surface area contributed by atoms with Crippen LogP contribution in [0.25, 0.3) is 11.1 Å². The predicted molar refractivity (Wildman–Crippen MR) is 105 cm³/mol. The van der Waals surface area contributed by atoms with Crippen LogP contribution in [-0.4, -0.2) is 52.6 Å². The Labute approximate surface area is 173 Å². The van der Waals surface area contributed by atoms with Gasteiger partial charge in [0.1, 0.15) is 30.2 Å². The van der Waals surface area contributed by atoms with Gasteiger partial charge in [0.05, 0.1) is 14.4 Å². The molecule has 3 rings (SSSR count). The molecule has 0 unspecified atom stereocenters. The van der Waals surface area contributed by atoms with Gasteiger partial charge >= 0.3 is 0 Å². The first kappa shape index (κ1) is 26.1. The summed E-state index contributed by atoms with van der Waals surface area (Å²) in [7, 11) is -5.51. The molecule has 2 aromatic carbocycles. The van der Waals surface area contributed by atoms with Crippen LogP contribution in [0.5, 0.6) is 5.75 Å². The first-order valence-electron chi connectivity index (χ1n) is 8.43. The number of ether oxygens (including phenoxy) is 2. The molecule has 1 saturated heterocycles. The van der Waals surface area contributed by atoms with Crippen LogP contribution in [0.15, 0.2) is 54.6 Å². The van der Waals surface area contributed by atoms with E-state index >= 15 is 0 Å². The largest absolute Gasteiger partial charge is 0.790 e. The zero-order chi connectivity index (χ0) is 20.3. The number of quaternary nitrogens is 2. The topological polar surface area (TPSA) is 225 Å². The molecule has 5 atom stereocenters. The minimum Gasteiger partial charge on any atom is -0.790 e. The van der Waals surface area contributed by atoms with Crippen molar-refractivity contribution in [2.45, 2.75) is 30.7 Å². The highest BCUT2D eigenvalue weighted by atomic mass is 31.2. The molecule has 0 aliphatic carbocycles. The molecule has 0 bridgehead atoms. The van der Waals surface area contributed by atoms with E-state index in [0.717, 1.165) is 11.1 Å². The predicted octanol–water partition coefficient (Wildman–Crippen LogP) is 0.138. The van der Waals surface area contributed by atoms with Crippen LogP contribution in [0.3, 0.4) is 0 Å². The van der Waals surface area contributed by atoms with Gasteiger partial charge in [0.2, 0.25) is 6.29 Å². The number of hydrogen-bond acceptors (Lipinski definition) is 9.